The molecule has 2 aromatic rings. The maximum atomic E-state index is 13.0. The standard InChI is InChI=1S/C26H33N3O5S/c1-19-4-5-20(2)24(18-19)35(32,33)34-23-8-6-21(7-9-23)25(30)28-12-10-22(11-13-28)26(31)29-16-14-27(3)15-17-29/h4-9,18,22H,10-17H2,1-3H3. The highest BCUT2D eigenvalue weighted by Gasteiger charge is 2.31. The minimum absolute atomic E-state index is 0.0338. The van der Waals surface area contributed by atoms with E-state index in [1.54, 1.807) is 36.1 Å². The molecule has 0 radical (unpaired) electrons. The molecular formula is C26H33N3O5S. The lowest BCUT2D eigenvalue weighted by atomic mass is 9.94. The summed E-state index contributed by atoms with van der Waals surface area (Å²) in [5.41, 5.74) is 1.90. The summed E-state index contributed by atoms with van der Waals surface area (Å²) in [5, 5.41) is 0. The topological polar surface area (TPSA) is 87.2 Å². The Morgan fingerprint density at radius 3 is 2.11 bits per heavy atom. The number of hydrogen-bond donors (Lipinski definition) is 0. The van der Waals surface area contributed by atoms with Crippen molar-refractivity contribution in [1.29, 1.82) is 0 Å². The minimum Gasteiger partial charge on any atom is -0.379 e. The summed E-state index contributed by atoms with van der Waals surface area (Å²) in [5.74, 6) is 0.198. The lowest BCUT2D eigenvalue weighted by Crippen LogP contribution is -2.51. The Hall–Kier alpha value is -2.91. The van der Waals surface area contributed by atoms with Crippen LogP contribution < -0.4 is 4.18 Å². The van der Waals surface area contributed by atoms with Crippen molar-refractivity contribution in [3.8, 4) is 5.75 Å². The number of amides is 2. The molecule has 0 aromatic heterocycles. The van der Waals surface area contributed by atoms with Crippen molar-refractivity contribution in [3.05, 3.63) is 59.2 Å². The van der Waals surface area contributed by atoms with Gasteiger partial charge in [0.2, 0.25) is 5.91 Å². The van der Waals surface area contributed by atoms with Crippen LogP contribution in [0, 0.1) is 19.8 Å². The Balaban J connectivity index is 1.34. The third-order valence-corrected chi connectivity index (χ3v) is 8.26. The summed E-state index contributed by atoms with van der Waals surface area (Å²) >= 11 is 0. The van der Waals surface area contributed by atoms with Crippen LogP contribution in [0.4, 0.5) is 0 Å². The summed E-state index contributed by atoms with van der Waals surface area (Å²) in [6.07, 6.45) is 1.32. The van der Waals surface area contributed by atoms with Gasteiger partial charge in [-0.25, -0.2) is 0 Å². The van der Waals surface area contributed by atoms with Crippen LogP contribution in [-0.2, 0) is 14.9 Å². The minimum atomic E-state index is -3.98. The van der Waals surface area contributed by atoms with Gasteiger partial charge in [-0.05, 0) is 75.2 Å². The fourth-order valence-electron chi connectivity index (χ4n) is 4.60. The Morgan fingerprint density at radius 1 is 0.857 bits per heavy atom. The number of piperazine rings is 1. The zero-order valence-electron chi connectivity index (χ0n) is 20.6. The first-order chi connectivity index (χ1) is 16.6. The Labute approximate surface area is 207 Å². The van der Waals surface area contributed by atoms with Crippen LogP contribution in [0.1, 0.15) is 34.3 Å². The highest BCUT2D eigenvalue weighted by molar-refractivity contribution is 7.87. The van der Waals surface area contributed by atoms with Crippen LogP contribution in [-0.4, -0.2) is 81.2 Å². The fraction of sp³-hybridized carbons (Fsp3) is 0.462. The lowest BCUT2D eigenvalue weighted by Gasteiger charge is -2.37. The fourth-order valence-corrected chi connectivity index (χ4v) is 5.85. The van der Waals surface area contributed by atoms with Gasteiger partial charge in [-0.1, -0.05) is 12.1 Å². The van der Waals surface area contributed by atoms with Crippen LogP contribution in [0.2, 0.25) is 0 Å². The molecule has 2 aliphatic heterocycles. The van der Waals surface area contributed by atoms with E-state index < -0.39 is 10.1 Å². The zero-order chi connectivity index (χ0) is 25.2. The zero-order valence-corrected chi connectivity index (χ0v) is 21.4. The van der Waals surface area contributed by atoms with Gasteiger partial charge in [-0.15, -0.1) is 0 Å². The third-order valence-electron chi connectivity index (χ3n) is 6.87. The molecule has 2 aliphatic rings. The van der Waals surface area contributed by atoms with E-state index in [1.165, 1.54) is 12.1 Å². The maximum absolute atomic E-state index is 13.0. The molecule has 188 valence electrons. The SMILES string of the molecule is Cc1ccc(C)c(S(=O)(=O)Oc2ccc(C(=O)N3CCC(C(=O)N4CCN(C)CC4)CC3)cc2)c1. The largest absolute Gasteiger partial charge is 0.379 e. The number of carbonyl (C=O) groups is 2. The average molecular weight is 500 g/mol. The van der Waals surface area contributed by atoms with E-state index in [-0.39, 0.29) is 28.4 Å². The molecule has 4 rings (SSSR count). The molecule has 2 heterocycles. The second-order valence-electron chi connectivity index (χ2n) is 9.53. The number of hydrogen-bond acceptors (Lipinski definition) is 6. The average Bonchev–Trinajstić information content (AvgIpc) is 2.85. The second kappa shape index (κ2) is 10.4. The predicted octanol–water partition coefficient (Wildman–Crippen LogP) is 2.70. The summed E-state index contributed by atoms with van der Waals surface area (Å²) in [6.45, 7) is 7.93. The molecule has 2 fully saturated rings. The van der Waals surface area contributed by atoms with Crippen LogP contribution >= 0.6 is 0 Å². The van der Waals surface area contributed by atoms with Crippen molar-refractivity contribution < 1.29 is 22.2 Å². The van der Waals surface area contributed by atoms with Crippen molar-refractivity contribution in [1.82, 2.24) is 14.7 Å². The molecule has 0 aliphatic carbocycles. The first-order valence-corrected chi connectivity index (χ1v) is 13.4. The number of nitrogens with zero attached hydrogens (tertiary/aromatic N) is 3. The van der Waals surface area contributed by atoms with Crippen LogP contribution in [0.3, 0.4) is 0 Å². The molecule has 0 bridgehead atoms. The predicted molar refractivity (Wildman–Crippen MR) is 133 cm³/mol. The highest BCUT2D eigenvalue weighted by Crippen LogP contribution is 2.25. The maximum Gasteiger partial charge on any atom is 0.339 e. The lowest BCUT2D eigenvalue weighted by molar-refractivity contribution is -0.138. The quantitative estimate of drug-likeness (QED) is 0.588. The van der Waals surface area contributed by atoms with Gasteiger partial charge in [-0.3, -0.25) is 9.59 Å². The third kappa shape index (κ3) is 5.85. The van der Waals surface area contributed by atoms with E-state index >= 15 is 0 Å². The van der Waals surface area contributed by atoms with Crippen molar-refractivity contribution in [2.75, 3.05) is 46.3 Å². The van der Waals surface area contributed by atoms with Crippen molar-refractivity contribution in [2.24, 2.45) is 5.92 Å². The molecule has 0 unspecified atom stereocenters. The summed E-state index contributed by atoms with van der Waals surface area (Å²) in [7, 11) is -1.92. The first kappa shape index (κ1) is 25.2. The van der Waals surface area contributed by atoms with Crippen molar-refractivity contribution in [3.63, 3.8) is 0 Å². The number of piperidine rings is 1. The van der Waals surface area contributed by atoms with Crippen molar-refractivity contribution >= 4 is 21.9 Å². The van der Waals surface area contributed by atoms with E-state index in [0.29, 0.717) is 37.1 Å². The molecular weight excluding hydrogens is 466 g/mol. The molecule has 2 aromatic carbocycles. The first-order valence-electron chi connectivity index (χ1n) is 12.0. The van der Waals surface area contributed by atoms with Gasteiger partial charge in [0.05, 0.1) is 0 Å². The number of likely N-dealkylation sites (N-methyl/N-ethyl adjacent to an activating group) is 1. The molecule has 35 heavy (non-hydrogen) atoms. The number of benzene rings is 2. The summed E-state index contributed by atoms with van der Waals surface area (Å²) in [4.78, 5) is 31.9. The Kier molecular flexibility index (Phi) is 7.47. The monoisotopic (exact) mass is 499 g/mol. The molecule has 2 saturated heterocycles. The second-order valence-corrected chi connectivity index (χ2v) is 11.0. The highest BCUT2D eigenvalue weighted by atomic mass is 32.2. The summed E-state index contributed by atoms with van der Waals surface area (Å²) < 4.78 is 30.8. The molecule has 9 heteroatoms. The van der Waals surface area contributed by atoms with Crippen LogP contribution in [0.25, 0.3) is 0 Å². The Morgan fingerprint density at radius 2 is 1.49 bits per heavy atom. The van der Waals surface area contributed by atoms with Crippen LogP contribution in [0.15, 0.2) is 47.4 Å². The van der Waals surface area contributed by atoms with Gasteiger partial charge in [0.15, 0.2) is 0 Å². The molecule has 0 saturated carbocycles. The van der Waals surface area contributed by atoms with E-state index in [9.17, 15) is 18.0 Å². The van der Waals surface area contributed by atoms with Crippen molar-refractivity contribution in [2.45, 2.75) is 31.6 Å². The van der Waals surface area contributed by atoms with Gasteiger partial charge in [0, 0.05) is 50.7 Å². The van der Waals surface area contributed by atoms with Gasteiger partial charge in [0.25, 0.3) is 5.91 Å². The molecule has 2 amide bonds. The van der Waals surface area contributed by atoms with Gasteiger partial charge >= 0.3 is 10.1 Å². The van der Waals surface area contributed by atoms with E-state index in [2.05, 4.69) is 11.9 Å². The van der Waals surface area contributed by atoms with Crippen LogP contribution in [0.5, 0.6) is 5.75 Å². The van der Waals surface area contributed by atoms with E-state index in [1.807, 2.05) is 17.9 Å². The molecule has 0 N–H and O–H groups in total. The van der Waals surface area contributed by atoms with Gasteiger partial charge in [-0.2, -0.15) is 8.42 Å². The number of carbonyl (C=O) groups excluding carboxylic acids is 2. The van der Waals surface area contributed by atoms with Gasteiger partial charge < -0.3 is 18.9 Å². The van der Waals surface area contributed by atoms with E-state index in [0.717, 1.165) is 31.7 Å². The van der Waals surface area contributed by atoms with E-state index in [4.69, 9.17) is 4.18 Å². The Bertz CT molecular complexity index is 1180. The number of rotatable bonds is 5. The molecule has 0 atom stereocenters. The number of likely N-dealkylation sites (tertiary alicyclic amines) is 1. The number of aryl methyl sites for hydroxylation is 2. The smallest absolute Gasteiger partial charge is 0.339 e. The summed E-state index contributed by atoms with van der Waals surface area (Å²) in [6, 6.07) is 11.3. The molecule has 8 nitrogen and oxygen atoms in total. The van der Waals surface area contributed by atoms with Gasteiger partial charge in [0.1, 0.15) is 10.6 Å². The molecule has 0 spiro atoms. The normalized spacial score (nSPS) is 17.9.